The van der Waals surface area contributed by atoms with E-state index in [4.69, 9.17) is 4.74 Å². The van der Waals surface area contributed by atoms with Gasteiger partial charge < -0.3 is 9.64 Å². The first-order valence-corrected chi connectivity index (χ1v) is 9.63. The molecule has 0 aliphatic carbocycles. The van der Waals surface area contributed by atoms with Gasteiger partial charge in [-0.1, -0.05) is 13.8 Å². The van der Waals surface area contributed by atoms with Gasteiger partial charge in [0.15, 0.2) is 0 Å². The molecular weight excluding hydrogens is 310 g/mol. The van der Waals surface area contributed by atoms with Gasteiger partial charge in [-0.25, -0.2) is 4.68 Å². The summed E-state index contributed by atoms with van der Waals surface area (Å²) in [5.41, 5.74) is 3.44. The molecule has 1 aromatic carbocycles. The summed E-state index contributed by atoms with van der Waals surface area (Å²) in [5, 5.41) is 4.65. The normalized spacial score (nSPS) is 15.2. The van der Waals surface area contributed by atoms with Crippen molar-refractivity contribution in [2.45, 2.75) is 46.5 Å². The molecule has 0 radical (unpaired) electrons. The van der Waals surface area contributed by atoms with Crippen molar-refractivity contribution in [1.82, 2.24) is 14.7 Å². The molecule has 4 heteroatoms. The Morgan fingerprint density at radius 1 is 1.12 bits per heavy atom. The molecule has 136 valence electrons. The second-order valence-electron chi connectivity index (χ2n) is 7.53. The van der Waals surface area contributed by atoms with E-state index in [0.29, 0.717) is 5.92 Å². The zero-order chi connectivity index (χ0) is 17.6. The van der Waals surface area contributed by atoms with Gasteiger partial charge in [0, 0.05) is 12.2 Å². The predicted molar refractivity (Wildman–Crippen MR) is 103 cm³/mol. The fourth-order valence-electron chi connectivity index (χ4n) is 3.51. The van der Waals surface area contributed by atoms with Crippen LogP contribution in [0.15, 0.2) is 30.3 Å². The Kier molecular flexibility index (Phi) is 6.14. The van der Waals surface area contributed by atoms with E-state index in [0.717, 1.165) is 43.1 Å². The van der Waals surface area contributed by atoms with E-state index in [1.54, 1.807) is 0 Å². The summed E-state index contributed by atoms with van der Waals surface area (Å²) in [6, 6.07) is 10.5. The van der Waals surface area contributed by atoms with E-state index in [2.05, 4.69) is 65.8 Å². The van der Waals surface area contributed by atoms with Gasteiger partial charge in [-0.2, -0.15) is 5.10 Å². The van der Waals surface area contributed by atoms with Crippen molar-refractivity contribution in [3.05, 3.63) is 41.7 Å². The fourth-order valence-corrected chi connectivity index (χ4v) is 3.51. The SMILES string of the molecule is Cc1cc(CC(C)C)n(-c2ccc(OCCCN3CCCC3)cc2)n1. The van der Waals surface area contributed by atoms with E-state index in [9.17, 15) is 0 Å². The molecule has 4 nitrogen and oxygen atoms in total. The van der Waals surface area contributed by atoms with Crippen LogP contribution in [0, 0.1) is 12.8 Å². The lowest BCUT2D eigenvalue weighted by Gasteiger charge is -2.14. The highest BCUT2D eigenvalue weighted by molar-refractivity contribution is 5.38. The van der Waals surface area contributed by atoms with E-state index < -0.39 is 0 Å². The summed E-state index contributed by atoms with van der Waals surface area (Å²) in [7, 11) is 0. The summed E-state index contributed by atoms with van der Waals surface area (Å²) < 4.78 is 7.96. The molecule has 0 saturated carbocycles. The van der Waals surface area contributed by atoms with Crippen LogP contribution >= 0.6 is 0 Å². The molecule has 1 saturated heterocycles. The smallest absolute Gasteiger partial charge is 0.119 e. The molecular formula is C21H31N3O. The number of aryl methyl sites for hydroxylation is 1. The summed E-state index contributed by atoms with van der Waals surface area (Å²) in [6.45, 7) is 11.0. The minimum Gasteiger partial charge on any atom is -0.494 e. The summed E-state index contributed by atoms with van der Waals surface area (Å²) in [5.74, 6) is 1.56. The maximum Gasteiger partial charge on any atom is 0.119 e. The molecule has 0 amide bonds. The first-order chi connectivity index (χ1) is 12.1. The molecule has 0 atom stereocenters. The van der Waals surface area contributed by atoms with E-state index in [1.807, 2.05) is 0 Å². The van der Waals surface area contributed by atoms with Gasteiger partial charge in [-0.3, -0.25) is 0 Å². The van der Waals surface area contributed by atoms with Crippen molar-refractivity contribution >= 4 is 0 Å². The summed E-state index contributed by atoms with van der Waals surface area (Å²) >= 11 is 0. The van der Waals surface area contributed by atoms with Crippen molar-refractivity contribution in [3.63, 3.8) is 0 Å². The number of aromatic nitrogens is 2. The number of hydrogen-bond acceptors (Lipinski definition) is 3. The lowest BCUT2D eigenvalue weighted by Crippen LogP contribution is -2.21. The standard InChI is InChI=1S/C21H31N3O/c1-17(2)15-20-16-18(3)22-24(20)19-7-9-21(10-8-19)25-14-6-13-23-11-4-5-12-23/h7-10,16-17H,4-6,11-15H2,1-3H3. The molecule has 1 aliphatic rings. The minimum atomic E-state index is 0.619. The van der Waals surface area contributed by atoms with Crippen LogP contribution in [0.25, 0.3) is 5.69 Å². The second-order valence-corrected chi connectivity index (χ2v) is 7.53. The third-order valence-electron chi connectivity index (χ3n) is 4.69. The molecule has 25 heavy (non-hydrogen) atoms. The highest BCUT2D eigenvalue weighted by Gasteiger charge is 2.11. The molecule has 2 heterocycles. The molecule has 0 unspecified atom stereocenters. The topological polar surface area (TPSA) is 30.3 Å². The van der Waals surface area contributed by atoms with Crippen LogP contribution in [-0.4, -0.2) is 40.9 Å². The van der Waals surface area contributed by atoms with Crippen molar-refractivity contribution in [2.75, 3.05) is 26.2 Å². The number of benzene rings is 1. The third-order valence-corrected chi connectivity index (χ3v) is 4.69. The lowest BCUT2D eigenvalue weighted by molar-refractivity contribution is 0.263. The van der Waals surface area contributed by atoms with Crippen LogP contribution < -0.4 is 4.74 Å². The number of hydrogen-bond donors (Lipinski definition) is 0. The number of likely N-dealkylation sites (tertiary alicyclic amines) is 1. The summed E-state index contributed by atoms with van der Waals surface area (Å²) in [6.07, 6.45) is 4.84. The Morgan fingerprint density at radius 2 is 1.84 bits per heavy atom. The van der Waals surface area contributed by atoms with Crippen LogP contribution in [0.4, 0.5) is 0 Å². The highest BCUT2D eigenvalue weighted by Crippen LogP contribution is 2.19. The van der Waals surface area contributed by atoms with Crippen molar-refractivity contribution in [2.24, 2.45) is 5.92 Å². The maximum absolute atomic E-state index is 5.90. The van der Waals surface area contributed by atoms with Gasteiger partial charge >= 0.3 is 0 Å². The zero-order valence-corrected chi connectivity index (χ0v) is 15.9. The Hall–Kier alpha value is -1.81. The van der Waals surface area contributed by atoms with Gasteiger partial charge in [0.05, 0.1) is 18.0 Å². The Labute approximate surface area is 151 Å². The van der Waals surface area contributed by atoms with E-state index in [1.165, 1.54) is 31.6 Å². The van der Waals surface area contributed by atoms with Gasteiger partial charge in [0.2, 0.25) is 0 Å². The molecule has 2 aromatic rings. The number of nitrogens with zero attached hydrogens (tertiary/aromatic N) is 3. The minimum absolute atomic E-state index is 0.619. The Balaban J connectivity index is 1.55. The average molecular weight is 341 g/mol. The van der Waals surface area contributed by atoms with Crippen molar-refractivity contribution in [1.29, 1.82) is 0 Å². The van der Waals surface area contributed by atoms with Crippen molar-refractivity contribution < 1.29 is 4.74 Å². The Bertz CT molecular complexity index is 654. The predicted octanol–water partition coefficient (Wildman–Crippen LogP) is 4.24. The van der Waals surface area contributed by atoms with E-state index >= 15 is 0 Å². The maximum atomic E-state index is 5.90. The highest BCUT2D eigenvalue weighted by atomic mass is 16.5. The monoisotopic (exact) mass is 341 g/mol. The first-order valence-electron chi connectivity index (χ1n) is 9.63. The molecule has 0 spiro atoms. The second kappa shape index (κ2) is 8.52. The average Bonchev–Trinajstić information content (AvgIpc) is 3.21. The Morgan fingerprint density at radius 3 is 2.52 bits per heavy atom. The molecule has 1 fully saturated rings. The van der Waals surface area contributed by atoms with Crippen LogP contribution in [-0.2, 0) is 6.42 Å². The van der Waals surface area contributed by atoms with Crippen LogP contribution in [0.5, 0.6) is 5.75 Å². The summed E-state index contributed by atoms with van der Waals surface area (Å²) in [4.78, 5) is 2.53. The molecule has 0 N–H and O–H groups in total. The number of ether oxygens (including phenoxy) is 1. The van der Waals surface area contributed by atoms with Crippen LogP contribution in [0.1, 0.15) is 44.5 Å². The van der Waals surface area contributed by atoms with Crippen molar-refractivity contribution in [3.8, 4) is 11.4 Å². The van der Waals surface area contributed by atoms with Gasteiger partial charge in [-0.05, 0) is 81.9 Å². The molecule has 3 rings (SSSR count). The van der Waals surface area contributed by atoms with Crippen LogP contribution in [0.3, 0.4) is 0 Å². The largest absolute Gasteiger partial charge is 0.494 e. The molecule has 1 aromatic heterocycles. The van der Waals surface area contributed by atoms with Crippen LogP contribution in [0.2, 0.25) is 0 Å². The fraction of sp³-hybridized carbons (Fsp3) is 0.571. The van der Waals surface area contributed by atoms with Gasteiger partial charge in [0.25, 0.3) is 0 Å². The molecule has 0 bridgehead atoms. The lowest BCUT2D eigenvalue weighted by atomic mass is 10.1. The number of rotatable bonds is 8. The molecule has 1 aliphatic heterocycles. The van der Waals surface area contributed by atoms with E-state index in [-0.39, 0.29) is 0 Å². The van der Waals surface area contributed by atoms with Gasteiger partial charge in [0.1, 0.15) is 5.75 Å². The third kappa shape index (κ3) is 5.08. The zero-order valence-electron chi connectivity index (χ0n) is 15.9. The quantitative estimate of drug-likeness (QED) is 0.673. The van der Waals surface area contributed by atoms with Gasteiger partial charge in [-0.15, -0.1) is 0 Å². The first kappa shape index (κ1) is 18.0.